The van der Waals surface area contributed by atoms with Gasteiger partial charge in [0.1, 0.15) is 18.6 Å². The van der Waals surface area contributed by atoms with Crippen molar-refractivity contribution in [3.63, 3.8) is 0 Å². The third-order valence-corrected chi connectivity index (χ3v) is 4.41. The van der Waals surface area contributed by atoms with Crippen molar-refractivity contribution in [2.24, 2.45) is 17.6 Å². The summed E-state index contributed by atoms with van der Waals surface area (Å²) in [6.07, 6.45) is 0.617. The minimum absolute atomic E-state index is 0.0239. The molecule has 26 heavy (non-hydrogen) atoms. The smallest absolute Gasteiger partial charge is 0.322 e. The van der Waals surface area contributed by atoms with Gasteiger partial charge in [-0.15, -0.1) is 0 Å². The van der Waals surface area contributed by atoms with Crippen molar-refractivity contribution >= 4 is 36.3 Å². The van der Waals surface area contributed by atoms with Gasteiger partial charge in [0, 0.05) is 5.75 Å². The molecule has 0 rings (SSSR count). The maximum Gasteiger partial charge on any atom is 0.322 e. The maximum atomic E-state index is 12.6. The number of nitrogens with one attached hydrogen (secondary N) is 3. The highest BCUT2D eigenvalue weighted by atomic mass is 32.1. The van der Waals surface area contributed by atoms with Crippen LogP contribution in [-0.2, 0) is 19.2 Å². The van der Waals surface area contributed by atoms with Crippen molar-refractivity contribution in [2.45, 2.75) is 52.2 Å². The zero-order valence-corrected chi connectivity index (χ0v) is 16.5. The standard InChI is InChI=1S/C16H30N4O5S/c1-5-9(4)13(20-15(24)12(17)8(2)3)16(25)19-10(7-26)14(23)18-6-11(21)22/h8-10,12-13,26H,5-7,17H2,1-4H3,(H,18,23)(H,19,25)(H,20,24)(H,21,22). The fourth-order valence-corrected chi connectivity index (χ4v) is 2.25. The molecule has 0 aromatic rings. The number of rotatable bonds is 11. The fraction of sp³-hybridized carbons (Fsp3) is 0.750. The van der Waals surface area contributed by atoms with Crippen LogP contribution in [0.25, 0.3) is 0 Å². The van der Waals surface area contributed by atoms with Crippen LogP contribution in [0.5, 0.6) is 0 Å². The van der Waals surface area contributed by atoms with Gasteiger partial charge < -0.3 is 26.8 Å². The Morgan fingerprint density at radius 2 is 1.62 bits per heavy atom. The van der Waals surface area contributed by atoms with E-state index in [1.807, 2.05) is 6.92 Å². The third kappa shape index (κ3) is 8.05. The van der Waals surface area contributed by atoms with Crippen molar-refractivity contribution in [1.82, 2.24) is 16.0 Å². The quantitative estimate of drug-likeness (QED) is 0.252. The molecule has 0 heterocycles. The van der Waals surface area contributed by atoms with Crippen LogP contribution < -0.4 is 21.7 Å². The molecule has 0 aromatic carbocycles. The van der Waals surface area contributed by atoms with E-state index < -0.39 is 48.4 Å². The summed E-state index contributed by atoms with van der Waals surface area (Å²) in [5.41, 5.74) is 5.82. The van der Waals surface area contributed by atoms with Crippen LogP contribution in [-0.4, -0.2) is 59.2 Å². The average Bonchev–Trinajstić information content (AvgIpc) is 2.59. The molecule has 3 amide bonds. The number of carbonyl (C=O) groups is 4. The zero-order valence-electron chi connectivity index (χ0n) is 15.6. The highest BCUT2D eigenvalue weighted by Crippen LogP contribution is 2.10. The molecule has 0 saturated carbocycles. The van der Waals surface area contributed by atoms with Gasteiger partial charge in [0.25, 0.3) is 0 Å². The molecule has 0 radical (unpaired) electrons. The lowest BCUT2D eigenvalue weighted by Crippen LogP contribution is -2.58. The number of aliphatic carboxylic acids is 1. The number of carboxylic acids is 1. The van der Waals surface area contributed by atoms with Crippen molar-refractivity contribution in [3.8, 4) is 0 Å². The lowest BCUT2D eigenvalue weighted by Gasteiger charge is -2.27. The Bertz CT molecular complexity index is 515. The number of hydrogen-bond acceptors (Lipinski definition) is 6. The summed E-state index contributed by atoms with van der Waals surface area (Å²) in [6.45, 7) is 6.70. The molecule has 0 aliphatic heterocycles. The number of hydrogen-bond donors (Lipinski definition) is 6. The fourth-order valence-electron chi connectivity index (χ4n) is 2.00. The Balaban J connectivity index is 5.08. The summed E-state index contributed by atoms with van der Waals surface area (Å²) in [6, 6.07) is -2.65. The van der Waals surface area contributed by atoms with E-state index in [4.69, 9.17) is 10.8 Å². The van der Waals surface area contributed by atoms with Crippen LogP contribution in [0.1, 0.15) is 34.1 Å². The van der Waals surface area contributed by atoms with Crippen LogP contribution in [0.3, 0.4) is 0 Å². The summed E-state index contributed by atoms with van der Waals surface area (Å²) in [5, 5.41) is 15.9. The van der Waals surface area contributed by atoms with Gasteiger partial charge in [-0.2, -0.15) is 12.6 Å². The molecule has 0 bridgehead atoms. The number of nitrogens with two attached hydrogens (primary N) is 1. The van der Waals surface area contributed by atoms with Crippen LogP contribution in [0, 0.1) is 11.8 Å². The topological polar surface area (TPSA) is 151 Å². The van der Waals surface area contributed by atoms with Crippen molar-refractivity contribution in [2.75, 3.05) is 12.3 Å². The van der Waals surface area contributed by atoms with Gasteiger partial charge in [-0.3, -0.25) is 19.2 Å². The second kappa shape index (κ2) is 11.7. The van der Waals surface area contributed by atoms with Crippen molar-refractivity contribution < 1.29 is 24.3 Å². The van der Waals surface area contributed by atoms with E-state index in [0.717, 1.165) is 0 Å². The van der Waals surface area contributed by atoms with Gasteiger partial charge >= 0.3 is 5.97 Å². The molecule has 0 fully saturated rings. The minimum atomic E-state index is -1.20. The second-order valence-electron chi connectivity index (χ2n) is 6.50. The van der Waals surface area contributed by atoms with Gasteiger partial charge in [-0.05, 0) is 11.8 Å². The zero-order chi connectivity index (χ0) is 20.4. The van der Waals surface area contributed by atoms with Crippen molar-refractivity contribution in [3.05, 3.63) is 0 Å². The second-order valence-corrected chi connectivity index (χ2v) is 6.86. The Morgan fingerprint density at radius 3 is 2.04 bits per heavy atom. The number of thiol groups is 1. The molecule has 150 valence electrons. The molecule has 0 aliphatic carbocycles. The predicted octanol–water partition coefficient (Wildman–Crippen LogP) is -0.884. The Morgan fingerprint density at radius 1 is 1.04 bits per heavy atom. The van der Waals surface area contributed by atoms with Crippen LogP contribution in [0.2, 0.25) is 0 Å². The van der Waals surface area contributed by atoms with E-state index in [2.05, 4.69) is 28.6 Å². The minimum Gasteiger partial charge on any atom is -0.480 e. The van der Waals surface area contributed by atoms with Crippen LogP contribution in [0.4, 0.5) is 0 Å². The van der Waals surface area contributed by atoms with Crippen LogP contribution >= 0.6 is 12.6 Å². The van der Waals surface area contributed by atoms with E-state index >= 15 is 0 Å². The van der Waals surface area contributed by atoms with Gasteiger partial charge in [-0.1, -0.05) is 34.1 Å². The van der Waals surface area contributed by atoms with Gasteiger partial charge in [0.05, 0.1) is 6.04 Å². The van der Waals surface area contributed by atoms with E-state index in [-0.39, 0.29) is 17.6 Å². The molecular formula is C16H30N4O5S. The molecule has 4 unspecified atom stereocenters. The maximum absolute atomic E-state index is 12.6. The lowest BCUT2D eigenvalue weighted by atomic mass is 9.96. The van der Waals surface area contributed by atoms with E-state index in [1.54, 1.807) is 20.8 Å². The molecule has 10 heteroatoms. The van der Waals surface area contributed by atoms with E-state index in [1.165, 1.54) is 0 Å². The molecule has 0 aliphatic rings. The summed E-state index contributed by atoms with van der Waals surface area (Å²) in [5.74, 6) is -3.17. The molecule has 4 atom stereocenters. The van der Waals surface area contributed by atoms with Gasteiger partial charge in [0.2, 0.25) is 17.7 Å². The first-order valence-corrected chi connectivity index (χ1v) is 9.14. The van der Waals surface area contributed by atoms with Gasteiger partial charge in [-0.25, -0.2) is 0 Å². The SMILES string of the molecule is CCC(C)C(NC(=O)C(N)C(C)C)C(=O)NC(CS)C(=O)NCC(=O)O. The molecule has 6 N–H and O–H groups in total. The molecule has 0 spiro atoms. The average molecular weight is 391 g/mol. The molecular weight excluding hydrogens is 360 g/mol. The molecule has 0 aromatic heterocycles. The highest BCUT2D eigenvalue weighted by molar-refractivity contribution is 7.80. The normalized spacial score (nSPS) is 15.5. The summed E-state index contributed by atoms with van der Waals surface area (Å²) in [7, 11) is 0. The molecule has 9 nitrogen and oxygen atoms in total. The lowest BCUT2D eigenvalue weighted by molar-refractivity contribution is -0.138. The number of carbonyl (C=O) groups excluding carboxylic acids is 3. The summed E-state index contributed by atoms with van der Waals surface area (Å²) < 4.78 is 0. The summed E-state index contributed by atoms with van der Waals surface area (Å²) in [4.78, 5) is 47.3. The van der Waals surface area contributed by atoms with E-state index in [9.17, 15) is 19.2 Å². The first-order chi connectivity index (χ1) is 12.0. The third-order valence-electron chi connectivity index (χ3n) is 4.04. The van der Waals surface area contributed by atoms with Crippen molar-refractivity contribution in [1.29, 1.82) is 0 Å². The number of carboxylic acid groups (broad SMARTS) is 1. The summed E-state index contributed by atoms with van der Waals surface area (Å²) >= 11 is 4.02. The first-order valence-electron chi connectivity index (χ1n) is 8.51. The predicted molar refractivity (Wildman–Crippen MR) is 101 cm³/mol. The van der Waals surface area contributed by atoms with Gasteiger partial charge in [0.15, 0.2) is 0 Å². The molecule has 0 saturated heterocycles. The largest absolute Gasteiger partial charge is 0.480 e. The van der Waals surface area contributed by atoms with Crippen LogP contribution in [0.15, 0.2) is 0 Å². The Hall–Kier alpha value is -1.81. The Labute approximate surface area is 159 Å². The van der Waals surface area contributed by atoms with E-state index in [0.29, 0.717) is 6.42 Å². The Kier molecular flexibility index (Phi) is 10.9. The highest BCUT2D eigenvalue weighted by Gasteiger charge is 2.31. The first kappa shape index (κ1) is 24.2. The number of amides is 3. The monoisotopic (exact) mass is 390 g/mol.